The Labute approximate surface area is 211 Å². The van der Waals surface area contributed by atoms with Gasteiger partial charge in [0.1, 0.15) is 12.4 Å². The Balaban J connectivity index is 1.26. The number of rotatable bonds is 9. The fourth-order valence-electron chi connectivity index (χ4n) is 4.66. The van der Waals surface area contributed by atoms with Gasteiger partial charge < -0.3 is 14.8 Å². The molecule has 0 bridgehead atoms. The number of halogens is 2. The molecule has 0 aliphatic carbocycles. The van der Waals surface area contributed by atoms with Crippen molar-refractivity contribution in [2.75, 3.05) is 13.1 Å². The van der Waals surface area contributed by atoms with Crippen LogP contribution in [0.25, 0.3) is 10.9 Å². The van der Waals surface area contributed by atoms with Gasteiger partial charge in [0.2, 0.25) is 0 Å². The summed E-state index contributed by atoms with van der Waals surface area (Å²) >= 11 is 0. The van der Waals surface area contributed by atoms with Crippen LogP contribution in [-0.4, -0.2) is 28.1 Å². The van der Waals surface area contributed by atoms with E-state index in [-0.39, 0.29) is 23.8 Å². The Kier molecular flexibility index (Phi) is 6.83. The molecule has 0 radical (unpaired) electrons. The number of ether oxygens (including phenoxy) is 1. The van der Waals surface area contributed by atoms with Crippen molar-refractivity contribution in [3.8, 4) is 5.75 Å². The third-order valence-electron chi connectivity index (χ3n) is 6.65. The van der Waals surface area contributed by atoms with Crippen LogP contribution in [0.2, 0.25) is 0 Å². The summed E-state index contributed by atoms with van der Waals surface area (Å²) in [5.74, 6) is 1.10. The minimum absolute atomic E-state index is 0.00110. The fourth-order valence-corrected chi connectivity index (χ4v) is 4.93. The Hall–Kier alpha value is -3.21. The van der Waals surface area contributed by atoms with E-state index in [0.29, 0.717) is 23.3 Å². The molecule has 0 amide bonds. The van der Waals surface area contributed by atoms with Gasteiger partial charge in [-0.15, -0.1) is 0 Å². The van der Waals surface area contributed by atoms with E-state index in [1.165, 1.54) is 0 Å². The van der Waals surface area contributed by atoms with Crippen LogP contribution < -0.4 is 4.74 Å². The minimum Gasteiger partial charge on any atom is -0.513 e. The van der Waals surface area contributed by atoms with Gasteiger partial charge in [0.05, 0.1) is 5.76 Å². The van der Waals surface area contributed by atoms with Crippen molar-refractivity contribution in [3.63, 3.8) is 0 Å². The molecule has 2 N–H and O–H groups in total. The van der Waals surface area contributed by atoms with Gasteiger partial charge in [-0.05, 0) is 53.4 Å². The lowest BCUT2D eigenvalue weighted by atomic mass is 9.98. The highest BCUT2D eigenvalue weighted by molar-refractivity contribution is 7.17. The zero-order valence-corrected chi connectivity index (χ0v) is 21.0. The second-order valence-corrected chi connectivity index (χ2v) is 10.2. The molecule has 2 heterocycles. The van der Waals surface area contributed by atoms with Gasteiger partial charge in [0.25, 0.3) is 5.66 Å². The van der Waals surface area contributed by atoms with Gasteiger partial charge in [-0.25, -0.2) is 0 Å². The molecule has 4 aromatic rings. The number of likely N-dealkylation sites (tertiary alicyclic amines) is 1. The number of aliphatic hydroxyl groups excluding tert-OH is 1. The van der Waals surface area contributed by atoms with Crippen molar-refractivity contribution >= 4 is 20.1 Å². The molecule has 36 heavy (non-hydrogen) atoms. The van der Waals surface area contributed by atoms with Crippen LogP contribution in [0.1, 0.15) is 27.9 Å². The van der Waals surface area contributed by atoms with Crippen molar-refractivity contribution in [1.82, 2.24) is 9.88 Å². The number of hydrogen-bond donors (Lipinski definition) is 2. The predicted octanol–water partition coefficient (Wildman–Crippen LogP) is 6.77. The molecule has 5 rings (SSSR count). The zero-order chi connectivity index (χ0) is 25.3. The van der Waals surface area contributed by atoms with E-state index in [1.807, 2.05) is 54.6 Å². The first-order valence-electron chi connectivity index (χ1n) is 11.9. The Bertz CT molecular complexity index is 1380. The van der Waals surface area contributed by atoms with Crippen molar-refractivity contribution in [2.45, 2.75) is 25.2 Å². The second-order valence-electron chi connectivity index (χ2n) is 9.49. The maximum atomic E-state index is 14.4. The van der Waals surface area contributed by atoms with E-state index in [9.17, 15) is 13.9 Å². The standard InChI is InChI=1S/C29H29F2N2O2P/c1-19(34)24-15-33(16-24)17-25-13-23-14-26(9-10-28(23)32-25)35-18-21-7-8-22(27(12-21)29(30,31)36)11-20-5-3-2-4-6-20/h2-10,12-14,24,32,34H,1,11,15-18,36H2. The molecule has 0 spiro atoms. The van der Waals surface area contributed by atoms with Crippen molar-refractivity contribution in [1.29, 1.82) is 0 Å². The van der Waals surface area contributed by atoms with E-state index >= 15 is 0 Å². The summed E-state index contributed by atoms with van der Waals surface area (Å²) in [7, 11) is 1.66. The SMILES string of the molecule is C=C(O)C1CN(Cc2cc3cc(OCc4ccc(Cc5ccccc5)c(C(F)(F)P)c4)ccc3[nH]2)C1. The van der Waals surface area contributed by atoms with E-state index in [2.05, 4.69) is 22.5 Å². The molecule has 7 heteroatoms. The van der Waals surface area contributed by atoms with Crippen molar-refractivity contribution in [2.24, 2.45) is 5.92 Å². The number of aliphatic hydroxyl groups is 1. The molecule has 1 fully saturated rings. The first-order valence-corrected chi connectivity index (χ1v) is 12.5. The summed E-state index contributed by atoms with van der Waals surface area (Å²) in [5.41, 5.74) is 1.35. The highest BCUT2D eigenvalue weighted by Crippen LogP contribution is 2.38. The van der Waals surface area contributed by atoms with E-state index in [0.717, 1.165) is 41.8 Å². The molecule has 1 atom stereocenters. The second kappa shape index (κ2) is 10.0. The third kappa shape index (κ3) is 5.61. The van der Waals surface area contributed by atoms with Crippen molar-refractivity contribution in [3.05, 3.63) is 113 Å². The summed E-state index contributed by atoms with van der Waals surface area (Å²) in [6, 6.07) is 22.7. The van der Waals surface area contributed by atoms with E-state index in [1.54, 1.807) is 21.4 Å². The summed E-state index contributed by atoms with van der Waals surface area (Å²) < 4.78 is 34.8. The Morgan fingerprint density at radius 2 is 1.83 bits per heavy atom. The normalized spacial score (nSPS) is 14.6. The highest BCUT2D eigenvalue weighted by Gasteiger charge is 2.29. The first-order chi connectivity index (χ1) is 17.2. The lowest BCUT2D eigenvalue weighted by Crippen LogP contribution is -2.46. The lowest BCUT2D eigenvalue weighted by Gasteiger charge is -2.38. The largest absolute Gasteiger partial charge is 0.513 e. The number of fused-ring (bicyclic) bond motifs is 1. The van der Waals surface area contributed by atoms with Crippen LogP contribution in [0, 0.1) is 5.92 Å². The number of benzene rings is 3. The highest BCUT2D eigenvalue weighted by atomic mass is 31.0. The topological polar surface area (TPSA) is 48.5 Å². The van der Waals surface area contributed by atoms with Crippen molar-refractivity contribution < 1.29 is 18.6 Å². The monoisotopic (exact) mass is 506 g/mol. The van der Waals surface area contributed by atoms with Gasteiger partial charge >= 0.3 is 0 Å². The average molecular weight is 507 g/mol. The number of alkyl halides is 2. The molecule has 1 aliphatic rings. The zero-order valence-electron chi connectivity index (χ0n) is 19.9. The average Bonchev–Trinajstić information content (AvgIpc) is 3.22. The number of H-pyrrole nitrogens is 1. The Morgan fingerprint density at radius 3 is 2.56 bits per heavy atom. The van der Waals surface area contributed by atoms with E-state index in [4.69, 9.17) is 4.74 Å². The maximum absolute atomic E-state index is 14.4. The molecule has 1 saturated heterocycles. The summed E-state index contributed by atoms with van der Waals surface area (Å²) in [4.78, 5) is 5.67. The lowest BCUT2D eigenvalue weighted by molar-refractivity contribution is 0.0853. The molecule has 3 aromatic carbocycles. The Morgan fingerprint density at radius 1 is 1.06 bits per heavy atom. The number of nitrogens with one attached hydrogen (secondary N) is 1. The predicted molar refractivity (Wildman–Crippen MR) is 142 cm³/mol. The number of aromatic nitrogens is 1. The maximum Gasteiger partial charge on any atom is 0.284 e. The van der Waals surface area contributed by atoms with E-state index < -0.39 is 5.66 Å². The number of nitrogens with zero attached hydrogens (tertiary/aromatic N) is 1. The fraction of sp³-hybridized carbons (Fsp3) is 0.241. The summed E-state index contributed by atoms with van der Waals surface area (Å²) in [5, 5.41) is 10.5. The van der Waals surface area contributed by atoms with Crippen LogP contribution in [0.15, 0.2) is 85.1 Å². The minimum atomic E-state index is -3.03. The molecule has 1 aliphatic heterocycles. The molecule has 4 nitrogen and oxygen atoms in total. The molecule has 0 saturated carbocycles. The molecule has 186 valence electrons. The molecular formula is C29H29F2N2O2P. The molecular weight excluding hydrogens is 477 g/mol. The number of aromatic amines is 1. The van der Waals surface area contributed by atoms with Gasteiger partial charge in [-0.1, -0.05) is 58.3 Å². The van der Waals surface area contributed by atoms with Gasteiger partial charge in [0, 0.05) is 47.7 Å². The number of hydrogen-bond acceptors (Lipinski definition) is 3. The summed E-state index contributed by atoms with van der Waals surface area (Å²) in [6.45, 7) is 6.19. The molecule has 1 aromatic heterocycles. The third-order valence-corrected chi connectivity index (χ3v) is 6.96. The van der Waals surface area contributed by atoms with Crippen LogP contribution in [0.5, 0.6) is 5.75 Å². The van der Waals surface area contributed by atoms with Crippen LogP contribution in [-0.2, 0) is 25.2 Å². The van der Waals surface area contributed by atoms with Crippen LogP contribution in [0.3, 0.4) is 0 Å². The van der Waals surface area contributed by atoms with Gasteiger partial charge in [-0.3, -0.25) is 4.90 Å². The summed E-state index contributed by atoms with van der Waals surface area (Å²) in [6.07, 6.45) is 0.445. The molecule has 1 unspecified atom stereocenters. The van der Waals surface area contributed by atoms with Gasteiger partial charge in [0.15, 0.2) is 0 Å². The van der Waals surface area contributed by atoms with Crippen LogP contribution >= 0.6 is 9.24 Å². The first kappa shape index (κ1) is 24.5. The quantitative estimate of drug-likeness (QED) is 0.195. The smallest absolute Gasteiger partial charge is 0.284 e. The van der Waals surface area contributed by atoms with Gasteiger partial charge in [-0.2, -0.15) is 8.78 Å². The van der Waals surface area contributed by atoms with Crippen LogP contribution in [0.4, 0.5) is 8.78 Å².